The second kappa shape index (κ2) is 12.1. The summed E-state index contributed by atoms with van der Waals surface area (Å²) in [7, 11) is 0. The van der Waals surface area contributed by atoms with Crippen molar-refractivity contribution >= 4 is 53.2 Å². The molecular weight excluding hydrogens is 641 g/mol. The lowest BCUT2D eigenvalue weighted by molar-refractivity contribution is 1.07. The van der Waals surface area contributed by atoms with E-state index in [1.807, 2.05) is 72.0 Å². The van der Waals surface area contributed by atoms with Crippen molar-refractivity contribution < 1.29 is 0 Å². The van der Waals surface area contributed by atoms with Crippen molar-refractivity contribution in [3.8, 4) is 56.5 Å². The van der Waals surface area contributed by atoms with Gasteiger partial charge in [-0.3, -0.25) is 0 Å². The van der Waals surface area contributed by atoms with E-state index in [1.54, 1.807) is 0 Å². The van der Waals surface area contributed by atoms with E-state index >= 15 is 0 Å². The van der Waals surface area contributed by atoms with E-state index in [9.17, 15) is 0 Å². The Kier molecular flexibility index (Phi) is 6.96. The van der Waals surface area contributed by atoms with Gasteiger partial charge in [-0.1, -0.05) is 152 Å². The normalized spacial score (nSPS) is 11.5. The first-order chi connectivity index (χ1) is 25.3. The summed E-state index contributed by atoms with van der Waals surface area (Å²) >= 11 is 1.83. The second-order valence-corrected chi connectivity index (χ2v) is 13.7. The van der Waals surface area contributed by atoms with Gasteiger partial charge in [0.05, 0.1) is 15.9 Å². The third-order valence-electron chi connectivity index (χ3n) is 9.51. The van der Waals surface area contributed by atoms with Crippen LogP contribution in [0.5, 0.6) is 0 Å². The molecule has 0 atom stereocenters. The fraction of sp³-hybridized carbons (Fsp3) is 0. The standard InChI is InChI=1S/C46H28N4S/c1-3-13-31(14-4-1)44-48-45(32-15-5-2-6-16-32)50-46(49-44)33-24-22-29(23-25-33)34-17-11-18-35(28-34)42-43-41(37-20-9-10-21-39(37)51-43)40-36-19-8-7-12-30(36)26-27-38(40)47-42/h1-28H. The van der Waals surface area contributed by atoms with Crippen LogP contribution in [-0.2, 0) is 0 Å². The Morgan fingerprint density at radius 3 is 1.61 bits per heavy atom. The number of fused-ring (bicyclic) bond motifs is 7. The second-order valence-electron chi connectivity index (χ2n) is 12.6. The minimum absolute atomic E-state index is 0.642. The van der Waals surface area contributed by atoms with E-state index in [4.69, 9.17) is 19.9 Å². The summed E-state index contributed by atoms with van der Waals surface area (Å²) in [6.07, 6.45) is 0. The zero-order chi connectivity index (χ0) is 33.7. The van der Waals surface area contributed by atoms with Gasteiger partial charge in [-0.25, -0.2) is 19.9 Å². The number of pyridine rings is 1. The van der Waals surface area contributed by atoms with Crippen molar-refractivity contribution in [2.45, 2.75) is 0 Å². The van der Waals surface area contributed by atoms with Crippen molar-refractivity contribution in [1.82, 2.24) is 19.9 Å². The number of hydrogen-bond donors (Lipinski definition) is 0. The molecule has 5 heteroatoms. The van der Waals surface area contributed by atoms with Gasteiger partial charge in [-0.2, -0.15) is 0 Å². The molecule has 10 rings (SSSR count). The van der Waals surface area contributed by atoms with Crippen molar-refractivity contribution in [3.63, 3.8) is 0 Å². The lowest BCUT2D eigenvalue weighted by atomic mass is 9.97. The Hall–Kier alpha value is -6.56. The van der Waals surface area contributed by atoms with E-state index in [2.05, 4.69) is 109 Å². The van der Waals surface area contributed by atoms with Crippen molar-refractivity contribution in [3.05, 3.63) is 170 Å². The predicted octanol–water partition coefficient (Wildman–Crippen LogP) is 12.3. The number of hydrogen-bond acceptors (Lipinski definition) is 5. The maximum absolute atomic E-state index is 5.36. The highest BCUT2D eigenvalue weighted by molar-refractivity contribution is 7.26. The maximum atomic E-state index is 5.36. The Morgan fingerprint density at radius 2 is 0.902 bits per heavy atom. The van der Waals surface area contributed by atoms with E-state index in [0.29, 0.717) is 17.5 Å². The molecule has 0 unspecified atom stereocenters. The molecule has 0 saturated carbocycles. The smallest absolute Gasteiger partial charge is 0.164 e. The van der Waals surface area contributed by atoms with Crippen LogP contribution >= 0.6 is 11.3 Å². The Bertz CT molecular complexity index is 2840. The van der Waals surface area contributed by atoms with Gasteiger partial charge in [-0.15, -0.1) is 11.3 Å². The number of rotatable bonds is 5. The van der Waals surface area contributed by atoms with Crippen molar-refractivity contribution in [2.24, 2.45) is 0 Å². The Labute approximate surface area is 298 Å². The SMILES string of the molecule is c1ccc(-c2nc(-c3ccccc3)nc(-c3ccc(-c4cccc(-c5nc6ccc7ccccc7c6c6c5sc5ccccc56)c4)cc3)n2)cc1. The van der Waals surface area contributed by atoms with Gasteiger partial charge in [0.2, 0.25) is 0 Å². The molecule has 0 spiro atoms. The van der Waals surface area contributed by atoms with Crippen LogP contribution in [0.1, 0.15) is 0 Å². The molecule has 0 N–H and O–H groups in total. The van der Waals surface area contributed by atoms with Gasteiger partial charge < -0.3 is 0 Å². The Balaban J connectivity index is 1.08. The summed E-state index contributed by atoms with van der Waals surface area (Å²) in [5.74, 6) is 1.95. The summed E-state index contributed by atoms with van der Waals surface area (Å²) < 4.78 is 2.48. The summed E-state index contributed by atoms with van der Waals surface area (Å²) in [6.45, 7) is 0. The van der Waals surface area contributed by atoms with Crippen LogP contribution in [-0.4, -0.2) is 19.9 Å². The molecule has 0 radical (unpaired) electrons. The lowest BCUT2D eigenvalue weighted by Crippen LogP contribution is -2.00. The maximum Gasteiger partial charge on any atom is 0.164 e. The summed E-state index contributed by atoms with van der Waals surface area (Å²) in [6, 6.07) is 59.1. The average Bonchev–Trinajstić information content (AvgIpc) is 3.61. The van der Waals surface area contributed by atoms with Gasteiger partial charge >= 0.3 is 0 Å². The van der Waals surface area contributed by atoms with Gasteiger partial charge in [0.15, 0.2) is 17.5 Å². The molecule has 3 heterocycles. The summed E-state index contributed by atoms with van der Waals surface area (Å²) in [5.41, 5.74) is 8.20. The topological polar surface area (TPSA) is 51.6 Å². The highest BCUT2D eigenvalue weighted by Gasteiger charge is 2.18. The molecule has 0 saturated heterocycles. The Morgan fingerprint density at radius 1 is 0.353 bits per heavy atom. The van der Waals surface area contributed by atoms with Crippen LogP contribution in [0, 0.1) is 0 Å². The van der Waals surface area contributed by atoms with Gasteiger partial charge in [0, 0.05) is 43.1 Å². The number of nitrogens with zero attached hydrogens (tertiary/aromatic N) is 4. The van der Waals surface area contributed by atoms with E-state index in [0.717, 1.165) is 44.6 Å². The first-order valence-corrected chi connectivity index (χ1v) is 17.8. The number of aromatic nitrogens is 4. The molecule has 0 bridgehead atoms. The van der Waals surface area contributed by atoms with Gasteiger partial charge in [0.25, 0.3) is 0 Å². The molecule has 0 amide bonds. The van der Waals surface area contributed by atoms with Crippen LogP contribution in [0.3, 0.4) is 0 Å². The molecular formula is C46H28N4S. The molecule has 0 aliphatic rings. The van der Waals surface area contributed by atoms with Crippen LogP contribution in [0.2, 0.25) is 0 Å². The molecule has 0 fully saturated rings. The highest BCUT2D eigenvalue weighted by Crippen LogP contribution is 2.45. The average molecular weight is 669 g/mol. The molecule has 238 valence electrons. The number of benzene rings is 7. The molecule has 7 aromatic carbocycles. The van der Waals surface area contributed by atoms with Crippen LogP contribution in [0.4, 0.5) is 0 Å². The minimum Gasteiger partial charge on any atom is -0.246 e. The highest BCUT2D eigenvalue weighted by atomic mass is 32.1. The van der Waals surface area contributed by atoms with Crippen LogP contribution in [0.25, 0.3) is 98.4 Å². The van der Waals surface area contributed by atoms with Crippen molar-refractivity contribution in [1.29, 1.82) is 0 Å². The fourth-order valence-corrected chi connectivity index (χ4v) is 8.26. The summed E-state index contributed by atoms with van der Waals surface area (Å²) in [4.78, 5) is 20.0. The fourth-order valence-electron chi connectivity index (χ4n) is 7.04. The monoisotopic (exact) mass is 668 g/mol. The van der Waals surface area contributed by atoms with E-state index in [-0.39, 0.29) is 0 Å². The van der Waals surface area contributed by atoms with Crippen LogP contribution < -0.4 is 0 Å². The summed E-state index contributed by atoms with van der Waals surface area (Å²) in [5, 5.41) is 6.25. The van der Waals surface area contributed by atoms with E-state index in [1.165, 1.54) is 36.3 Å². The zero-order valence-electron chi connectivity index (χ0n) is 27.4. The van der Waals surface area contributed by atoms with Crippen molar-refractivity contribution in [2.75, 3.05) is 0 Å². The first-order valence-electron chi connectivity index (χ1n) is 17.0. The molecule has 0 aliphatic carbocycles. The molecule has 3 aromatic heterocycles. The number of thiophene rings is 1. The van der Waals surface area contributed by atoms with Gasteiger partial charge in [-0.05, 0) is 40.1 Å². The molecule has 0 aliphatic heterocycles. The predicted molar refractivity (Wildman–Crippen MR) is 213 cm³/mol. The van der Waals surface area contributed by atoms with Gasteiger partial charge in [0.1, 0.15) is 0 Å². The third kappa shape index (κ3) is 5.14. The molecule has 10 aromatic rings. The largest absolute Gasteiger partial charge is 0.246 e. The lowest BCUT2D eigenvalue weighted by Gasteiger charge is -2.11. The quantitative estimate of drug-likeness (QED) is 0.171. The zero-order valence-corrected chi connectivity index (χ0v) is 28.2. The molecule has 4 nitrogen and oxygen atoms in total. The minimum atomic E-state index is 0.642. The first kappa shape index (κ1) is 29.4. The van der Waals surface area contributed by atoms with Crippen LogP contribution in [0.15, 0.2) is 170 Å². The van der Waals surface area contributed by atoms with E-state index < -0.39 is 0 Å². The molecule has 51 heavy (non-hydrogen) atoms. The third-order valence-corrected chi connectivity index (χ3v) is 10.7.